The van der Waals surface area contributed by atoms with Crippen molar-refractivity contribution in [1.82, 2.24) is 15.1 Å². The lowest BCUT2D eigenvalue weighted by molar-refractivity contribution is 0.00403. The normalized spacial score (nSPS) is 17.8. The average Bonchev–Trinajstić information content (AvgIpc) is 3.20. The second kappa shape index (κ2) is 9.96. The van der Waals surface area contributed by atoms with E-state index in [0.717, 1.165) is 24.0 Å². The summed E-state index contributed by atoms with van der Waals surface area (Å²) in [5.74, 6) is -0.0575. The predicted octanol–water partition coefficient (Wildman–Crippen LogP) is 2.91. The third-order valence-electron chi connectivity index (χ3n) is 6.03. The lowest BCUT2D eigenvalue weighted by atomic mass is 10.0. The summed E-state index contributed by atoms with van der Waals surface area (Å²) < 4.78 is 12.6. The highest BCUT2D eigenvalue weighted by molar-refractivity contribution is 6.03. The molecule has 2 aromatic carbocycles. The lowest BCUT2D eigenvalue weighted by Gasteiger charge is -2.28. The van der Waals surface area contributed by atoms with Gasteiger partial charge in [-0.3, -0.25) is 9.59 Å². The summed E-state index contributed by atoms with van der Waals surface area (Å²) >= 11 is 0. The van der Waals surface area contributed by atoms with Gasteiger partial charge in [-0.15, -0.1) is 0 Å². The molecule has 4 rings (SSSR count). The predicted molar refractivity (Wildman–Crippen MR) is 128 cm³/mol. The number of para-hydroxylation sites is 1. The number of ether oxygens (including phenoxy) is 2. The van der Waals surface area contributed by atoms with Gasteiger partial charge in [-0.05, 0) is 37.5 Å². The van der Waals surface area contributed by atoms with E-state index in [1.165, 1.54) is 7.11 Å². The van der Waals surface area contributed by atoms with Gasteiger partial charge in [-0.25, -0.2) is 4.68 Å². The standard InChI is InChI=1S/C25H29N5O4/c1-15-13-18(11-12-34-15)30-23(26)21(24(27)31)22(29-30)17-9-7-16(8-10-17)14-28-25(32)19-5-3-4-6-20(19)33-2/h3-10,15,18H,11-14,26H2,1-2H3,(H2,27,31)(H,28,32). The fraction of sp³-hybridized carbons (Fsp3) is 0.320. The van der Waals surface area contributed by atoms with Gasteiger partial charge in [-0.1, -0.05) is 36.4 Å². The van der Waals surface area contributed by atoms with Gasteiger partial charge in [0.25, 0.3) is 11.8 Å². The maximum Gasteiger partial charge on any atom is 0.255 e. The quantitative estimate of drug-likeness (QED) is 0.493. The van der Waals surface area contributed by atoms with E-state index >= 15 is 0 Å². The maximum absolute atomic E-state index is 12.5. The molecule has 1 aliphatic rings. The lowest BCUT2D eigenvalue weighted by Crippen LogP contribution is -2.27. The molecule has 9 heteroatoms. The highest BCUT2D eigenvalue weighted by atomic mass is 16.5. The monoisotopic (exact) mass is 463 g/mol. The number of rotatable bonds is 7. The Labute approximate surface area is 198 Å². The molecule has 34 heavy (non-hydrogen) atoms. The van der Waals surface area contributed by atoms with Gasteiger partial charge in [0.2, 0.25) is 0 Å². The molecule has 0 saturated carbocycles. The third-order valence-corrected chi connectivity index (χ3v) is 6.03. The van der Waals surface area contributed by atoms with E-state index in [9.17, 15) is 9.59 Å². The first-order valence-electron chi connectivity index (χ1n) is 11.2. The molecule has 1 fully saturated rings. The molecule has 1 saturated heterocycles. The number of anilines is 1. The van der Waals surface area contributed by atoms with Crippen LogP contribution in [0.3, 0.4) is 0 Å². The summed E-state index contributed by atoms with van der Waals surface area (Å²) in [6, 6.07) is 14.5. The van der Waals surface area contributed by atoms with Crippen LogP contribution in [0.25, 0.3) is 11.3 Å². The Morgan fingerprint density at radius 3 is 2.62 bits per heavy atom. The largest absolute Gasteiger partial charge is 0.496 e. The minimum absolute atomic E-state index is 0.0417. The average molecular weight is 464 g/mol. The number of carbonyl (C=O) groups is 2. The van der Waals surface area contributed by atoms with Gasteiger partial charge >= 0.3 is 0 Å². The van der Waals surface area contributed by atoms with Gasteiger partial charge < -0.3 is 26.3 Å². The summed E-state index contributed by atoms with van der Waals surface area (Å²) in [5, 5.41) is 7.57. The van der Waals surface area contributed by atoms with Crippen molar-refractivity contribution < 1.29 is 19.1 Å². The first-order valence-corrected chi connectivity index (χ1v) is 11.2. The van der Waals surface area contributed by atoms with Crippen LogP contribution < -0.4 is 21.5 Å². The van der Waals surface area contributed by atoms with Crippen molar-refractivity contribution in [2.45, 2.75) is 38.5 Å². The number of nitrogens with two attached hydrogens (primary N) is 2. The number of hydrogen-bond acceptors (Lipinski definition) is 6. The highest BCUT2D eigenvalue weighted by Gasteiger charge is 2.28. The van der Waals surface area contributed by atoms with Crippen LogP contribution in [0, 0.1) is 0 Å². The van der Waals surface area contributed by atoms with E-state index in [0.29, 0.717) is 30.2 Å². The van der Waals surface area contributed by atoms with Crippen molar-refractivity contribution in [2.75, 3.05) is 19.5 Å². The van der Waals surface area contributed by atoms with E-state index in [1.807, 2.05) is 37.3 Å². The van der Waals surface area contributed by atoms with Crippen LogP contribution in [0.15, 0.2) is 48.5 Å². The number of primary amides is 1. The van der Waals surface area contributed by atoms with Gasteiger partial charge in [0.05, 0.1) is 24.8 Å². The van der Waals surface area contributed by atoms with Crippen molar-refractivity contribution in [3.8, 4) is 17.0 Å². The molecule has 9 nitrogen and oxygen atoms in total. The SMILES string of the molecule is COc1ccccc1C(=O)NCc1ccc(-c2nn(C3CCOC(C)C3)c(N)c2C(N)=O)cc1. The Balaban J connectivity index is 1.53. The number of methoxy groups -OCH3 is 1. The Bertz CT molecular complexity index is 1190. The molecule has 2 atom stereocenters. The van der Waals surface area contributed by atoms with Crippen molar-refractivity contribution in [3.63, 3.8) is 0 Å². The molecule has 1 aromatic heterocycles. The van der Waals surface area contributed by atoms with E-state index in [1.54, 1.807) is 22.9 Å². The maximum atomic E-state index is 12.5. The zero-order chi connectivity index (χ0) is 24.2. The number of nitrogens with zero attached hydrogens (tertiary/aromatic N) is 2. The van der Waals surface area contributed by atoms with E-state index in [4.69, 9.17) is 20.9 Å². The van der Waals surface area contributed by atoms with Crippen LogP contribution in [0.4, 0.5) is 5.82 Å². The smallest absolute Gasteiger partial charge is 0.255 e. The Morgan fingerprint density at radius 1 is 1.21 bits per heavy atom. The molecule has 1 aliphatic heterocycles. The summed E-state index contributed by atoms with van der Waals surface area (Å²) in [6.07, 6.45) is 1.61. The molecule has 3 aromatic rings. The number of benzene rings is 2. The number of amides is 2. The number of aromatic nitrogens is 2. The van der Waals surface area contributed by atoms with Crippen LogP contribution in [0.5, 0.6) is 5.75 Å². The van der Waals surface area contributed by atoms with E-state index < -0.39 is 5.91 Å². The Kier molecular flexibility index (Phi) is 6.83. The van der Waals surface area contributed by atoms with Gasteiger partial charge in [-0.2, -0.15) is 5.10 Å². The van der Waals surface area contributed by atoms with E-state index in [2.05, 4.69) is 10.4 Å². The number of hydrogen-bond donors (Lipinski definition) is 3. The van der Waals surface area contributed by atoms with Crippen LogP contribution in [-0.2, 0) is 11.3 Å². The van der Waals surface area contributed by atoms with Crippen LogP contribution in [0.1, 0.15) is 52.1 Å². The third kappa shape index (κ3) is 4.74. The summed E-state index contributed by atoms with van der Waals surface area (Å²) in [6.45, 7) is 2.95. The van der Waals surface area contributed by atoms with Gasteiger partial charge in [0, 0.05) is 18.7 Å². The summed E-state index contributed by atoms with van der Waals surface area (Å²) in [7, 11) is 1.53. The molecule has 0 aliphatic carbocycles. The Hall–Kier alpha value is -3.85. The van der Waals surface area contributed by atoms with Crippen molar-refractivity contribution in [1.29, 1.82) is 0 Å². The van der Waals surface area contributed by atoms with Crippen molar-refractivity contribution >= 4 is 17.6 Å². The highest BCUT2D eigenvalue weighted by Crippen LogP contribution is 2.33. The second-order valence-corrected chi connectivity index (χ2v) is 8.36. The molecule has 5 N–H and O–H groups in total. The molecule has 2 heterocycles. The number of nitrogen functional groups attached to an aromatic ring is 1. The van der Waals surface area contributed by atoms with Crippen molar-refractivity contribution in [3.05, 3.63) is 65.2 Å². The van der Waals surface area contributed by atoms with Crippen LogP contribution >= 0.6 is 0 Å². The van der Waals surface area contributed by atoms with Crippen molar-refractivity contribution in [2.24, 2.45) is 5.73 Å². The van der Waals surface area contributed by atoms with Crippen LogP contribution in [-0.4, -0.2) is 41.4 Å². The van der Waals surface area contributed by atoms with Gasteiger partial charge in [0.1, 0.15) is 22.8 Å². The van der Waals surface area contributed by atoms with E-state index in [-0.39, 0.29) is 29.4 Å². The minimum Gasteiger partial charge on any atom is -0.496 e. The molecule has 0 bridgehead atoms. The second-order valence-electron chi connectivity index (χ2n) is 8.36. The molecule has 2 amide bonds. The number of carbonyl (C=O) groups excluding carboxylic acids is 2. The fourth-order valence-electron chi connectivity index (χ4n) is 4.26. The molecule has 2 unspecified atom stereocenters. The molecular weight excluding hydrogens is 434 g/mol. The molecule has 0 radical (unpaired) electrons. The fourth-order valence-corrected chi connectivity index (χ4v) is 4.26. The first kappa shape index (κ1) is 23.3. The van der Waals surface area contributed by atoms with Gasteiger partial charge in [0.15, 0.2) is 0 Å². The molecular formula is C25H29N5O4. The zero-order valence-electron chi connectivity index (χ0n) is 19.3. The molecule has 178 valence electrons. The van der Waals surface area contributed by atoms with Crippen LogP contribution in [0.2, 0.25) is 0 Å². The number of nitrogens with one attached hydrogen (secondary N) is 1. The minimum atomic E-state index is -0.619. The topological polar surface area (TPSA) is 134 Å². The zero-order valence-corrected chi connectivity index (χ0v) is 19.3. The molecule has 0 spiro atoms. The summed E-state index contributed by atoms with van der Waals surface area (Å²) in [5.41, 5.74) is 14.7. The first-order chi connectivity index (χ1) is 16.4. The summed E-state index contributed by atoms with van der Waals surface area (Å²) in [4.78, 5) is 24.8. The Morgan fingerprint density at radius 2 is 1.94 bits per heavy atom.